The smallest absolute Gasteiger partial charge is 0.338 e. The Balaban J connectivity index is 1.82. The van der Waals surface area contributed by atoms with E-state index >= 15 is 0 Å². The highest BCUT2D eigenvalue weighted by Gasteiger charge is 2.34. The molecule has 6 aromatic rings. The Morgan fingerprint density at radius 3 is 1.46 bits per heavy atom. The van der Waals surface area contributed by atoms with E-state index in [2.05, 4.69) is 0 Å². The molecule has 0 saturated heterocycles. The molecule has 0 saturated carbocycles. The number of aliphatic hydroxyl groups excluding tert-OH is 1. The highest BCUT2D eigenvalue weighted by atomic mass is 16.5. The van der Waals surface area contributed by atoms with E-state index in [9.17, 15) is 34.5 Å². The molecule has 0 aliphatic carbocycles. The van der Waals surface area contributed by atoms with Gasteiger partial charge in [-0.15, -0.1) is 0 Å². The number of benzene rings is 6. The Morgan fingerprint density at radius 2 is 1.06 bits per heavy atom. The highest BCUT2D eigenvalue weighted by Crippen LogP contribution is 2.55. The third-order valence-corrected chi connectivity index (χ3v) is 9.51. The third kappa shape index (κ3) is 6.23. The molecule has 13 heteroatoms. The second kappa shape index (κ2) is 14.7. The number of aliphatic hydroxyl groups is 1. The number of phenols is 2. The third-order valence-electron chi connectivity index (χ3n) is 9.51. The van der Waals surface area contributed by atoms with Crippen LogP contribution < -0.4 is 29.8 Å². The molecule has 0 amide bonds. The van der Waals surface area contributed by atoms with Crippen molar-refractivity contribution in [1.82, 2.24) is 0 Å². The molecule has 6 rings (SSSR count). The minimum Gasteiger partial charge on any atom is -0.504 e. The first kappa shape index (κ1) is 37.7. The van der Waals surface area contributed by atoms with Crippen molar-refractivity contribution in [3.05, 3.63) is 79.6 Å². The summed E-state index contributed by atoms with van der Waals surface area (Å²) < 4.78 is 34.7. The lowest BCUT2D eigenvalue weighted by molar-refractivity contribution is -0.150. The number of hydrogen-bond acceptors (Lipinski definition) is 13. The fourth-order valence-corrected chi connectivity index (χ4v) is 7.48. The van der Waals surface area contributed by atoms with Crippen LogP contribution in [0.2, 0.25) is 0 Å². The zero-order chi connectivity index (χ0) is 39.2. The van der Waals surface area contributed by atoms with E-state index in [1.807, 2.05) is 0 Å². The van der Waals surface area contributed by atoms with E-state index < -0.39 is 52.6 Å². The molecule has 282 valence electrons. The zero-order valence-electron chi connectivity index (χ0n) is 30.8. The molecule has 0 radical (unpaired) electrons. The maximum Gasteiger partial charge on any atom is 0.338 e. The summed E-state index contributed by atoms with van der Waals surface area (Å²) in [5.74, 6) is -2.25. The molecule has 13 nitrogen and oxygen atoms in total. The minimum atomic E-state index is -0.957. The highest BCUT2D eigenvalue weighted by molar-refractivity contribution is 6.38. The molecule has 54 heavy (non-hydrogen) atoms. The van der Waals surface area contributed by atoms with Crippen LogP contribution in [0.25, 0.3) is 43.1 Å². The molecule has 0 fully saturated rings. The Bertz CT molecular complexity index is 2530. The van der Waals surface area contributed by atoms with E-state index in [4.69, 9.17) is 28.4 Å². The summed E-state index contributed by atoms with van der Waals surface area (Å²) in [6.07, 6.45) is -3.11. The number of aromatic hydroxyl groups is 2. The summed E-state index contributed by atoms with van der Waals surface area (Å²) in [6.45, 7) is 4.73. The first-order valence-corrected chi connectivity index (χ1v) is 17.2. The fourth-order valence-electron chi connectivity index (χ4n) is 7.48. The molecule has 3 atom stereocenters. The van der Waals surface area contributed by atoms with Crippen LogP contribution in [-0.4, -0.2) is 74.0 Å². The van der Waals surface area contributed by atoms with Crippen LogP contribution in [0.5, 0.6) is 34.5 Å². The largest absolute Gasteiger partial charge is 0.504 e. The van der Waals surface area contributed by atoms with Crippen LogP contribution in [0.4, 0.5) is 0 Å². The lowest BCUT2D eigenvalue weighted by Gasteiger charge is -2.26. The number of phenolic OH excluding ortho intramolecular Hbond substituents is 2. The van der Waals surface area contributed by atoms with Crippen molar-refractivity contribution in [3.8, 4) is 34.5 Å². The lowest BCUT2D eigenvalue weighted by Crippen LogP contribution is -2.21. The first-order valence-electron chi connectivity index (χ1n) is 17.2. The number of esters is 2. The van der Waals surface area contributed by atoms with Crippen molar-refractivity contribution in [3.63, 3.8) is 0 Å². The summed E-state index contributed by atoms with van der Waals surface area (Å²) in [4.78, 5) is 53.8. The van der Waals surface area contributed by atoms with Gasteiger partial charge in [0.25, 0.3) is 0 Å². The zero-order valence-corrected chi connectivity index (χ0v) is 30.8. The summed E-state index contributed by atoms with van der Waals surface area (Å²) in [7, 11) is 5.36. The van der Waals surface area contributed by atoms with Gasteiger partial charge in [0, 0.05) is 57.6 Å². The van der Waals surface area contributed by atoms with Crippen LogP contribution in [0, 0.1) is 0 Å². The summed E-state index contributed by atoms with van der Waals surface area (Å²) >= 11 is 0. The van der Waals surface area contributed by atoms with Gasteiger partial charge < -0.3 is 43.7 Å². The number of carbonyl (C=O) groups is 2. The molecular formula is C41H40O13. The quantitative estimate of drug-likeness (QED) is 0.0781. The van der Waals surface area contributed by atoms with Crippen molar-refractivity contribution in [2.75, 3.05) is 28.4 Å². The number of hydrogen-bond donors (Lipinski definition) is 3. The second-order valence-electron chi connectivity index (χ2n) is 13.2. The second-order valence-corrected chi connectivity index (χ2v) is 13.2. The van der Waals surface area contributed by atoms with E-state index in [1.165, 1.54) is 47.5 Å². The predicted octanol–water partition coefficient (Wildman–Crippen LogP) is 5.37. The molecule has 0 heterocycles. The number of ether oxygens (including phenoxy) is 6. The molecule has 0 bridgehead atoms. The summed E-state index contributed by atoms with van der Waals surface area (Å²) in [5, 5.41) is 34.8. The fraction of sp³-hybridized carbons (Fsp3) is 0.317. The van der Waals surface area contributed by atoms with Crippen LogP contribution in [0.15, 0.2) is 52.1 Å². The molecule has 0 aliphatic rings. The van der Waals surface area contributed by atoms with Gasteiger partial charge in [-0.2, -0.15) is 0 Å². The van der Waals surface area contributed by atoms with Gasteiger partial charge in [-0.1, -0.05) is 18.2 Å². The molecular weight excluding hydrogens is 700 g/mol. The number of methoxy groups -OCH3 is 4. The Hall–Kier alpha value is -6.08. The van der Waals surface area contributed by atoms with Gasteiger partial charge in [-0.25, -0.2) is 4.79 Å². The topological polar surface area (TPSA) is 184 Å². The number of rotatable bonds is 13. The molecule has 3 N–H and O–H groups in total. The average Bonchev–Trinajstić information content (AvgIpc) is 3.12. The molecule has 0 aromatic heterocycles. The number of carbonyl (C=O) groups excluding carboxylic acids is 2. The minimum absolute atomic E-state index is 0.0714. The predicted molar refractivity (Wildman–Crippen MR) is 201 cm³/mol. The van der Waals surface area contributed by atoms with Gasteiger partial charge in [0.15, 0.2) is 33.9 Å². The van der Waals surface area contributed by atoms with E-state index in [0.29, 0.717) is 21.9 Å². The van der Waals surface area contributed by atoms with Crippen molar-refractivity contribution in [2.45, 2.75) is 58.3 Å². The lowest BCUT2D eigenvalue weighted by atomic mass is 9.81. The maximum absolute atomic E-state index is 14.0. The van der Waals surface area contributed by atoms with Crippen molar-refractivity contribution >= 4 is 55.0 Å². The van der Waals surface area contributed by atoms with Crippen LogP contribution in [0.1, 0.15) is 48.7 Å². The van der Waals surface area contributed by atoms with Gasteiger partial charge in [0.2, 0.25) is 0 Å². The van der Waals surface area contributed by atoms with Gasteiger partial charge in [-0.3, -0.25) is 14.4 Å². The summed E-state index contributed by atoms with van der Waals surface area (Å²) in [5.41, 5.74) is -0.331. The Morgan fingerprint density at radius 1 is 0.611 bits per heavy atom. The van der Waals surface area contributed by atoms with Gasteiger partial charge in [0.1, 0.15) is 23.7 Å². The standard InChI is InChI=1S/C41H40O13/c1-18(42)13-28(45)53-19(2)14-22-29-30-23(15-20(3)54-41(48)21-11-9-8-10-12-21)40(52-7)38(47)32-25(44)17-27(50-5)34(36(30)32)33-26(49-4)16-24(43)31(35(29)33)37(46)39(22)51-6/h8-12,16-20,42,46-47H,13-15H2,1-7H3/t18?,19-,20-/m1/s1. The van der Waals surface area contributed by atoms with Crippen molar-refractivity contribution < 1.29 is 53.3 Å². The van der Waals surface area contributed by atoms with Crippen LogP contribution >= 0.6 is 0 Å². The molecule has 0 spiro atoms. The average molecular weight is 741 g/mol. The van der Waals surface area contributed by atoms with Gasteiger partial charge in [-0.05, 0) is 43.7 Å². The van der Waals surface area contributed by atoms with Crippen LogP contribution in [0.3, 0.4) is 0 Å². The number of fused-ring (bicyclic) bond motifs is 2. The molecule has 1 unspecified atom stereocenters. The van der Waals surface area contributed by atoms with E-state index in [1.54, 1.807) is 44.2 Å². The van der Waals surface area contributed by atoms with Gasteiger partial charge in [0.05, 0.1) is 57.3 Å². The normalized spacial score (nSPS) is 13.3. The Labute approximate surface area is 308 Å². The van der Waals surface area contributed by atoms with Crippen molar-refractivity contribution in [2.24, 2.45) is 0 Å². The Kier molecular flexibility index (Phi) is 10.3. The SMILES string of the molecule is COc1c(O)c2c(=O)cc(OC)c3c4c(OC)cc(=O)c5c(O)c(OC)c(C[C@@H](C)OC(=O)c6ccccc6)c(c(c1C[C@@H](C)OC(=O)CC(C)O)c23)c54. The summed E-state index contributed by atoms with van der Waals surface area (Å²) in [6, 6.07) is 10.8. The first-order chi connectivity index (χ1) is 25.8. The molecule has 6 aromatic carbocycles. The van der Waals surface area contributed by atoms with Crippen molar-refractivity contribution in [1.29, 1.82) is 0 Å². The van der Waals surface area contributed by atoms with E-state index in [0.717, 1.165) is 0 Å². The van der Waals surface area contributed by atoms with Gasteiger partial charge >= 0.3 is 11.9 Å². The molecule has 0 aliphatic heterocycles. The monoisotopic (exact) mass is 740 g/mol. The van der Waals surface area contributed by atoms with E-state index in [-0.39, 0.29) is 80.1 Å². The van der Waals surface area contributed by atoms with Crippen LogP contribution in [-0.2, 0) is 27.1 Å². The maximum atomic E-state index is 14.0.